The number of ether oxygens (including phenoxy) is 3. The first-order chi connectivity index (χ1) is 9.03. The molecule has 0 heterocycles. The van der Waals surface area contributed by atoms with Crippen LogP contribution in [0.3, 0.4) is 0 Å². The second-order valence-electron chi connectivity index (χ2n) is 5.49. The number of rotatable bonds is 12. The molecule has 0 N–H and O–H groups in total. The van der Waals surface area contributed by atoms with Gasteiger partial charge in [0.25, 0.3) is 6.48 Å². The van der Waals surface area contributed by atoms with Crippen molar-refractivity contribution >= 4 is 0 Å². The van der Waals surface area contributed by atoms with Crippen LogP contribution in [-0.4, -0.2) is 24.8 Å². The van der Waals surface area contributed by atoms with Crippen molar-refractivity contribution in [3.05, 3.63) is 0 Å². The van der Waals surface area contributed by atoms with Crippen LogP contribution in [0.15, 0.2) is 0 Å². The van der Waals surface area contributed by atoms with Crippen LogP contribution in [0.2, 0.25) is 0 Å². The third kappa shape index (κ3) is 10.3. The van der Waals surface area contributed by atoms with Gasteiger partial charge in [-0.2, -0.15) is 0 Å². The minimum absolute atomic E-state index is 0.178. The molecule has 3 atom stereocenters. The predicted molar refractivity (Wildman–Crippen MR) is 80.2 cm³/mol. The van der Waals surface area contributed by atoms with Crippen molar-refractivity contribution in [1.82, 2.24) is 0 Å². The quantitative estimate of drug-likeness (QED) is 0.474. The van der Waals surface area contributed by atoms with Crippen molar-refractivity contribution in [3.63, 3.8) is 0 Å². The second-order valence-corrected chi connectivity index (χ2v) is 5.49. The molecule has 0 rings (SSSR count). The summed E-state index contributed by atoms with van der Waals surface area (Å²) in [5.74, 6) is 0. The molecule has 0 saturated heterocycles. The summed E-state index contributed by atoms with van der Waals surface area (Å²) in [6.07, 6.45) is 6.98. The fourth-order valence-corrected chi connectivity index (χ4v) is 2.09. The molecule has 0 aliphatic heterocycles. The van der Waals surface area contributed by atoms with E-state index in [2.05, 4.69) is 41.5 Å². The van der Waals surface area contributed by atoms with Crippen molar-refractivity contribution in [2.24, 2.45) is 0 Å². The Balaban J connectivity index is 4.28. The van der Waals surface area contributed by atoms with Crippen molar-refractivity contribution in [1.29, 1.82) is 0 Å². The first-order valence-electron chi connectivity index (χ1n) is 7.99. The smallest absolute Gasteiger partial charge is 0.272 e. The Morgan fingerprint density at radius 1 is 0.579 bits per heavy atom. The van der Waals surface area contributed by atoms with Crippen LogP contribution < -0.4 is 0 Å². The van der Waals surface area contributed by atoms with Gasteiger partial charge in [-0.15, -0.1) is 0 Å². The van der Waals surface area contributed by atoms with Gasteiger partial charge >= 0.3 is 0 Å². The Labute approximate surface area is 120 Å². The Bertz CT molecular complexity index is 163. The monoisotopic (exact) mass is 274 g/mol. The molecule has 0 aromatic carbocycles. The van der Waals surface area contributed by atoms with E-state index in [-0.39, 0.29) is 18.3 Å². The zero-order chi connectivity index (χ0) is 14.7. The molecule has 0 aromatic rings. The first kappa shape index (κ1) is 18.9. The lowest BCUT2D eigenvalue weighted by Crippen LogP contribution is -2.32. The minimum atomic E-state index is -0.523. The van der Waals surface area contributed by atoms with Gasteiger partial charge in [-0.1, -0.05) is 40.0 Å². The Kier molecular flexibility index (Phi) is 11.6. The van der Waals surface area contributed by atoms with E-state index < -0.39 is 6.48 Å². The second kappa shape index (κ2) is 11.7. The minimum Gasteiger partial charge on any atom is -0.327 e. The molecule has 0 spiro atoms. The maximum atomic E-state index is 5.88. The van der Waals surface area contributed by atoms with Crippen LogP contribution in [0, 0.1) is 0 Å². The van der Waals surface area contributed by atoms with Crippen LogP contribution in [0.4, 0.5) is 0 Å². The molecule has 0 amide bonds. The zero-order valence-corrected chi connectivity index (χ0v) is 13.8. The van der Waals surface area contributed by atoms with E-state index in [1.54, 1.807) is 0 Å². The molecule has 3 nitrogen and oxygen atoms in total. The molecule has 116 valence electrons. The van der Waals surface area contributed by atoms with Crippen LogP contribution in [0.25, 0.3) is 0 Å². The van der Waals surface area contributed by atoms with Crippen molar-refractivity contribution in [2.75, 3.05) is 0 Å². The lowest BCUT2D eigenvalue weighted by Gasteiger charge is -2.27. The number of hydrogen-bond acceptors (Lipinski definition) is 3. The third-order valence-electron chi connectivity index (χ3n) is 3.12. The summed E-state index contributed by atoms with van der Waals surface area (Å²) in [7, 11) is 0. The van der Waals surface area contributed by atoms with Crippen molar-refractivity contribution in [2.45, 2.75) is 105 Å². The van der Waals surface area contributed by atoms with Crippen molar-refractivity contribution < 1.29 is 14.2 Å². The first-order valence-corrected chi connectivity index (χ1v) is 7.99. The summed E-state index contributed by atoms with van der Waals surface area (Å²) in [4.78, 5) is 0. The van der Waals surface area contributed by atoms with E-state index >= 15 is 0 Å². The SMILES string of the molecule is CCCC(C)OC(OC(C)CCC)OC(C)CCC. The summed E-state index contributed by atoms with van der Waals surface area (Å²) in [6.45, 7) is 12.2. The van der Waals surface area contributed by atoms with E-state index in [0.29, 0.717) is 0 Å². The summed E-state index contributed by atoms with van der Waals surface area (Å²) >= 11 is 0. The standard InChI is InChI=1S/C16H34O3/c1-7-10-13(4)17-16(18-14(5)11-8-2)19-15(6)12-9-3/h13-16H,7-12H2,1-6H3. The van der Waals surface area contributed by atoms with E-state index in [4.69, 9.17) is 14.2 Å². The molecule has 19 heavy (non-hydrogen) atoms. The Hall–Kier alpha value is -0.120. The highest BCUT2D eigenvalue weighted by atomic mass is 16.8. The maximum Gasteiger partial charge on any atom is 0.272 e. The summed E-state index contributed by atoms with van der Waals surface area (Å²) in [5, 5.41) is 0. The molecule has 0 fully saturated rings. The van der Waals surface area contributed by atoms with Crippen LogP contribution in [0.5, 0.6) is 0 Å². The lowest BCUT2D eigenvalue weighted by molar-refractivity contribution is -0.329. The highest BCUT2D eigenvalue weighted by molar-refractivity contribution is 4.54. The van der Waals surface area contributed by atoms with E-state index in [9.17, 15) is 0 Å². The van der Waals surface area contributed by atoms with Gasteiger partial charge in [0.1, 0.15) is 0 Å². The molecule has 0 aliphatic rings. The molecule has 3 heteroatoms. The van der Waals surface area contributed by atoms with Gasteiger partial charge < -0.3 is 14.2 Å². The van der Waals surface area contributed by atoms with Gasteiger partial charge in [-0.3, -0.25) is 0 Å². The third-order valence-corrected chi connectivity index (χ3v) is 3.12. The molecule has 0 aliphatic carbocycles. The summed E-state index contributed by atoms with van der Waals surface area (Å²) in [5.41, 5.74) is 0. The highest BCUT2D eigenvalue weighted by Crippen LogP contribution is 2.15. The highest BCUT2D eigenvalue weighted by Gasteiger charge is 2.19. The molecule has 0 saturated carbocycles. The van der Waals surface area contributed by atoms with Gasteiger partial charge in [0, 0.05) is 0 Å². The van der Waals surface area contributed by atoms with Gasteiger partial charge in [0.2, 0.25) is 0 Å². The molecule has 3 unspecified atom stereocenters. The van der Waals surface area contributed by atoms with E-state index in [1.165, 1.54) is 0 Å². The molecular formula is C16H34O3. The fraction of sp³-hybridized carbons (Fsp3) is 1.00. The Morgan fingerprint density at radius 2 is 0.842 bits per heavy atom. The normalized spacial score (nSPS) is 18.0. The molecule has 0 bridgehead atoms. The fourth-order valence-electron chi connectivity index (χ4n) is 2.09. The topological polar surface area (TPSA) is 27.7 Å². The maximum absolute atomic E-state index is 5.88. The van der Waals surface area contributed by atoms with Crippen LogP contribution in [-0.2, 0) is 14.2 Å². The summed E-state index contributed by atoms with van der Waals surface area (Å²) in [6, 6.07) is 0. The average molecular weight is 274 g/mol. The summed E-state index contributed by atoms with van der Waals surface area (Å²) < 4.78 is 17.6. The largest absolute Gasteiger partial charge is 0.327 e. The van der Waals surface area contributed by atoms with Crippen LogP contribution in [0.1, 0.15) is 80.1 Å². The zero-order valence-electron chi connectivity index (χ0n) is 13.8. The average Bonchev–Trinajstić information content (AvgIpc) is 2.29. The van der Waals surface area contributed by atoms with Gasteiger partial charge in [-0.25, -0.2) is 0 Å². The Morgan fingerprint density at radius 3 is 1.05 bits per heavy atom. The molecule has 0 aromatic heterocycles. The lowest BCUT2D eigenvalue weighted by atomic mass is 10.2. The number of hydrogen-bond donors (Lipinski definition) is 0. The van der Waals surface area contributed by atoms with Gasteiger partial charge in [0.05, 0.1) is 18.3 Å². The van der Waals surface area contributed by atoms with E-state index in [1.807, 2.05) is 0 Å². The predicted octanol–water partition coefficient (Wildman–Crippen LogP) is 4.89. The van der Waals surface area contributed by atoms with Gasteiger partial charge in [0.15, 0.2) is 0 Å². The molecular weight excluding hydrogens is 240 g/mol. The van der Waals surface area contributed by atoms with Gasteiger partial charge in [-0.05, 0) is 40.0 Å². The molecule has 0 radical (unpaired) electrons. The van der Waals surface area contributed by atoms with Crippen LogP contribution >= 0.6 is 0 Å². The van der Waals surface area contributed by atoms with E-state index in [0.717, 1.165) is 38.5 Å². The van der Waals surface area contributed by atoms with Crippen molar-refractivity contribution in [3.8, 4) is 0 Å².